The van der Waals surface area contributed by atoms with Gasteiger partial charge in [0.2, 0.25) is 0 Å². The van der Waals surface area contributed by atoms with Crippen molar-refractivity contribution in [1.29, 1.82) is 0 Å². The summed E-state index contributed by atoms with van der Waals surface area (Å²) < 4.78 is 7.74. The molecule has 0 saturated carbocycles. The lowest BCUT2D eigenvalue weighted by molar-refractivity contribution is 0.0658. The van der Waals surface area contributed by atoms with Crippen molar-refractivity contribution in [2.24, 2.45) is 7.05 Å². The van der Waals surface area contributed by atoms with Crippen molar-refractivity contribution >= 4 is 17.9 Å². The van der Waals surface area contributed by atoms with Gasteiger partial charge < -0.3 is 24.0 Å². The molecule has 0 radical (unpaired) electrons. The first kappa shape index (κ1) is 35.0. The number of carbonyl (C=O) groups is 3. The van der Waals surface area contributed by atoms with E-state index in [2.05, 4.69) is 49.6 Å². The molecule has 1 aromatic heterocycles. The van der Waals surface area contributed by atoms with Gasteiger partial charge in [0.1, 0.15) is 5.75 Å². The molecule has 6 rings (SSSR count). The third-order valence-corrected chi connectivity index (χ3v) is 10.4. The Morgan fingerprint density at radius 1 is 0.820 bits per heavy atom. The fourth-order valence-electron chi connectivity index (χ4n) is 7.27. The molecule has 0 spiro atoms. The molecule has 50 heavy (non-hydrogen) atoms. The van der Waals surface area contributed by atoms with Gasteiger partial charge >= 0.3 is 6.09 Å². The van der Waals surface area contributed by atoms with Gasteiger partial charge in [0.25, 0.3) is 11.8 Å². The standard InChI is InChI=1S/C42H50N4O4/c1-6-8-20-44(21-9-7-2)40(47)36-26-39(43(5)30(36)4)37-24-32-19-22-45(42(49)50-35-17-11-10-12-18-35)27-34(32)25-38(37)41(48)46-28-33-16-14-13-15-31(33)23-29(46)3/h10-18,24-26,29H,6-9,19-23,27-28H2,1-5H3/t29-/m1/s1. The first-order valence-corrected chi connectivity index (χ1v) is 18.2. The largest absolute Gasteiger partial charge is 0.415 e. The van der Waals surface area contributed by atoms with Crippen molar-refractivity contribution in [2.75, 3.05) is 19.6 Å². The van der Waals surface area contributed by atoms with Gasteiger partial charge in [-0.1, -0.05) is 69.2 Å². The number of fused-ring (bicyclic) bond motifs is 2. The predicted octanol–water partition coefficient (Wildman–Crippen LogP) is 8.19. The van der Waals surface area contributed by atoms with E-state index in [1.807, 2.05) is 60.2 Å². The summed E-state index contributed by atoms with van der Waals surface area (Å²) in [6.45, 7) is 11.3. The molecule has 2 aliphatic rings. The zero-order valence-corrected chi connectivity index (χ0v) is 30.2. The second-order valence-corrected chi connectivity index (χ2v) is 13.9. The van der Waals surface area contributed by atoms with Gasteiger partial charge in [0, 0.05) is 68.3 Å². The van der Waals surface area contributed by atoms with E-state index in [0.29, 0.717) is 42.9 Å². The van der Waals surface area contributed by atoms with Crippen molar-refractivity contribution in [3.8, 4) is 17.0 Å². The van der Waals surface area contributed by atoms with Crippen LogP contribution < -0.4 is 4.74 Å². The topological polar surface area (TPSA) is 75.1 Å². The summed E-state index contributed by atoms with van der Waals surface area (Å²) in [5.41, 5.74) is 8.28. The zero-order valence-electron chi connectivity index (χ0n) is 30.2. The van der Waals surface area contributed by atoms with Crippen LogP contribution in [0.2, 0.25) is 0 Å². The first-order valence-electron chi connectivity index (χ1n) is 18.2. The molecule has 1 atom stereocenters. The van der Waals surface area contributed by atoms with Crippen molar-refractivity contribution in [2.45, 2.75) is 85.4 Å². The van der Waals surface area contributed by atoms with Gasteiger partial charge in [-0.05, 0) is 92.1 Å². The first-order chi connectivity index (χ1) is 24.2. The minimum Gasteiger partial charge on any atom is -0.410 e. The molecule has 4 aromatic rings. The number of nitrogens with zero attached hydrogens (tertiary/aromatic N) is 4. The normalized spacial score (nSPS) is 15.3. The summed E-state index contributed by atoms with van der Waals surface area (Å²) in [7, 11) is 1.98. The molecule has 0 fully saturated rings. The second kappa shape index (κ2) is 15.4. The molecule has 0 saturated heterocycles. The van der Waals surface area contributed by atoms with Crippen LogP contribution in [0.1, 0.15) is 95.1 Å². The van der Waals surface area contributed by atoms with Crippen LogP contribution in [0.5, 0.6) is 5.75 Å². The fourth-order valence-corrected chi connectivity index (χ4v) is 7.27. The van der Waals surface area contributed by atoms with E-state index >= 15 is 0 Å². The Bertz CT molecular complexity index is 1850. The quantitative estimate of drug-likeness (QED) is 0.170. The van der Waals surface area contributed by atoms with Crippen molar-refractivity contribution < 1.29 is 19.1 Å². The number of amides is 3. The highest BCUT2D eigenvalue weighted by molar-refractivity contribution is 6.03. The Labute approximate surface area is 296 Å². The number of para-hydroxylation sites is 1. The molecular weight excluding hydrogens is 624 g/mol. The van der Waals surface area contributed by atoms with Crippen molar-refractivity contribution in [3.63, 3.8) is 0 Å². The van der Waals surface area contributed by atoms with Gasteiger partial charge in [-0.15, -0.1) is 0 Å². The molecule has 0 aliphatic carbocycles. The molecule has 2 aliphatic heterocycles. The highest BCUT2D eigenvalue weighted by Gasteiger charge is 2.32. The van der Waals surface area contributed by atoms with E-state index in [9.17, 15) is 14.4 Å². The highest BCUT2D eigenvalue weighted by atomic mass is 16.6. The molecule has 3 aromatic carbocycles. The molecule has 0 bridgehead atoms. The summed E-state index contributed by atoms with van der Waals surface area (Å²) in [5.74, 6) is 0.500. The Morgan fingerprint density at radius 2 is 1.50 bits per heavy atom. The Balaban J connectivity index is 1.39. The maximum atomic E-state index is 14.8. The predicted molar refractivity (Wildman–Crippen MR) is 197 cm³/mol. The average Bonchev–Trinajstić information content (AvgIpc) is 3.43. The molecule has 262 valence electrons. The van der Waals surface area contributed by atoms with Crippen LogP contribution in [0.3, 0.4) is 0 Å². The molecule has 0 N–H and O–H groups in total. The van der Waals surface area contributed by atoms with Crippen molar-refractivity contribution in [3.05, 3.63) is 112 Å². The number of carbonyl (C=O) groups excluding carboxylic acids is 3. The maximum Gasteiger partial charge on any atom is 0.415 e. The molecule has 3 heterocycles. The van der Waals surface area contributed by atoms with E-state index in [-0.39, 0.29) is 17.9 Å². The molecule has 3 amide bonds. The van der Waals surface area contributed by atoms with Gasteiger partial charge in [0.15, 0.2) is 0 Å². The summed E-state index contributed by atoms with van der Waals surface area (Å²) in [6.07, 6.45) is 4.99. The van der Waals surface area contributed by atoms with Crippen LogP contribution >= 0.6 is 0 Å². The molecule has 8 heteroatoms. The number of hydrogen-bond acceptors (Lipinski definition) is 4. The lowest BCUT2D eigenvalue weighted by atomic mass is 9.90. The lowest BCUT2D eigenvalue weighted by Gasteiger charge is -2.36. The third-order valence-electron chi connectivity index (χ3n) is 10.4. The summed E-state index contributed by atoms with van der Waals surface area (Å²) in [5, 5.41) is 0. The number of aromatic nitrogens is 1. The van der Waals surface area contributed by atoms with Crippen LogP contribution in [0, 0.1) is 6.92 Å². The van der Waals surface area contributed by atoms with Gasteiger partial charge in [0.05, 0.1) is 5.56 Å². The van der Waals surface area contributed by atoms with E-state index in [0.717, 1.165) is 78.8 Å². The maximum absolute atomic E-state index is 14.8. The number of hydrogen-bond donors (Lipinski definition) is 0. The molecule has 0 unspecified atom stereocenters. The van der Waals surface area contributed by atoms with E-state index in [1.165, 1.54) is 5.56 Å². The van der Waals surface area contributed by atoms with E-state index < -0.39 is 6.09 Å². The minimum atomic E-state index is -0.406. The number of unbranched alkanes of at least 4 members (excludes halogenated alkanes) is 2. The van der Waals surface area contributed by atoms with Crippen LogP contribution in [-0.4, -0.2) is 62.9 Å². The zero-order chi connectivity index (χ0) is 35.4. The van der Waals surface area contributed by atoms with E-state index in [4.69, 9.17) is 4.74 Å². The molecular formula is C42H50N4O4. The monoisotopic (exact) mass is 674 g/mol. The summed E-state index contributed by atoms with van der Waals surface area (Å²) in [4.78, 5) is 47.7. The minimum absolute atomic E-state index is 0.0107. The SMILES string of the molecule is CCCCN(CCCC)C(=O)c1cc(-c2cc3c(cc2C(=O)N2Cc4ccccc4C[C@H]2C)CN(C(=O)Oc2ccccc2)CC3)n(C)c1C. The number of benzene rings is 3. The highest BCUT2D eigenvalue weighted by Crippen LogP contribution is 2.35. The van der Waals surface area contributed by atoms with Crippen LogP contribution in [0.25, 0.3) is 11.3 Å². The Hall–Kier alpha value is -4.85. The second-order valence-electron chi connectivity index (χ2n) is 13.9. The number of ether oxygens (including phenoxy) is 1. The van der Waals surface area contributed by atoms with Crippen molar-refractivity contribution in [1.82, 2.24) is 19.3 Å². The lowest BCUT2D eigenvalue weighted by Crippen LogP contribution is -2.43. The van der Waals surface area contributed by atoms with Gasteiger partial charge in [-0.3, -0.25) is 9.59 Å². The fraction of sp³-hybridized carbons (Fsp3) is 0.405. The summed E-state index contributed by atoms with van der Waals surface area (Å²) in [6, 6.07) is 23.5. The van der Waals surface area contributed by atoms with Crippen LogP contribution in [0.15, 0.2) is 72.8 Å². The third kappa shape index (κ3) is 7.21. The smallest absolute Gasteiger partial charge is 0.410 e. The van der Waals surface area contributed by atoms with Gasteiger partial charge in [-0.25, -0.2) is 4.79 Å². The average molecular weight is 675 g/mol. The Kier molecular flexibility index (Phi) is 10.8. The van der Waals surface area contributed by atoms with Gasteiger partial charge in [-0.2, -0.15) is 0 Å². The Morgan fingerprint density at radius 3 is 2.20 bits per heavy atom. The van der Waals surface area contributed by atoms with Crippen LogP contribution in [-0.2, 0) is 33.0 Å². The van der Waals surface area contributed by atoms with Crippen LogP contribution in [0.4, 0.5) is 4.79 Å². The number of rotatable bonds is 10. The summed E-state index contributed by atoms with van der Waals surface area (Å²) >= 11 is 0. The van der Waals surface area contributed by atoms with E-state index in [1.54, 1.807) is 17.0 Å². The molecule has 8 nitrogen and oxygen atoms in total.